The normalized spacial score (nSPS) is 31.0. The average Bonchev–Trinajstić information content (AvgIpc) is 2.63. The quantitative estimate of drug-likeness (QED) is 0.830. The molecule has 138 valence electrons. The van der Waals surface area contributed by atoms with Gasteiger partial charge >= 0.3 is 0 Å². The molecule has 0 aromatic rings. The Labute approximate surface area is 147 Å². The van der Waals surface area contributed by atoms with Crippen LogP contribution in [0.4, 0.5) is 0 Å². The number of nitrogens with one attached hydrogen (secondary N) is 1. The molecule has 5 nitrogen and oxygen atoms in total. The lowest BCUT2D eigenvalue weighted by Gasteiger charge is -2.40. The molecule has 3 heterocycles. The minimum atomic E-state index is 0.394. The van der Waals surface area contributed by atoms with Gasteiger partial charge in [0.05, 0.1) is 13.2 Å². The van der Waals surface area contributed by atoms with Crippen molar-refractivity contribution in [3.8, 4) is 0 Å². The van der Waals surface area contributed by atoms with E-state index in [2.05, 4.69) is 22.0 Å². The summed E-state index contributed by atoms with van der Waals surface area (Å²) in [6, 6.07) is 0.418. The second-order valence-corrected chi connectivity index (χ2v) is 7.94. The predicted octanol–water partition coefficient (Wildman–Crippen LogP) is 1.73. The number of ether oxygens (including phenoxy) is 1. The Hall–Kier alpha value is -0.650. The molecule has 0 aromatic heterocycles. The molecule has 0 aromatic carbocycles. The molecule has 3 atom stereocenters. The van der Waals surface area contributed by atoms with Gasteiger partial charge in [-0.1, -0.05) is 6.92 Å². The van der Waals surface area contributed by atoms with Gasteiger partial charge < -0.3 is 15.0 Å². The van der Waals surface area contributed by atoms with Crippen molar-refractivity contribution in [2.45, 2.75) is 51.5 Å². The molecule has 3 saturated heterocycles. The summed E-state index contributed by atoms with van der Waals surface area (Å²) in [5, 5.41) is 3.49. The highest BCUT2D eigenvalue weighted by molar-refractivity contribution is 5.77. The van der Waals surface area contributed by atoms with Gasteiger partial charge in [-0.05, 0) is 57.0 Å². The molecule has 0 saturated carbocycles. The Balaban J connectivity index is 1.52. The lowest BCUT2D eigenvalue weighted by atomic mass is 9.85. The highest BCUT2D eigenvalue weighted by Crippen LogP contribution is 2.26. The third kappa shape index (κ3) is 4.93. The molecule has 3 aliphatic heterocycles. The van der Waals surface area contributed by atoms with Crippen molar-refractivity contribution >= 4 is 5.91 Å². The molecule has 1 N–H and O–H groups in total. The molecule has 3 aliphatic rings. The number of rotatable bonds is 5. The molecule has 1 amide bonds. The van der Waals surface area contributed by atoms with Crippen LogP contribution in [0.25, 0.3) is 0 Å². The fraction of sp³-hybridized carbons (Fsp3) is 0.947. The van der Waals surface area contributed by atoms with Crippen molar-refractivity contribution in [3.63, 3.8) is 0 Å². The molecule has 0 bridgehead atoms. The maximum atomic E-state index is 13.0. The molecule has 3 unspecified atom stereocenters. The molecule has 0 spiro atoms. The van der Waals surface area contributed by atoms with Crippen LogP contribution in [0.5, 0.6) is 0 Å². The third-order valence-electron chi connectivity index (χ3n) is 6.16. The van der Waals surface area contributed by atoms with Gasteiger partial charge in [0.2, 0.25) is 5.91 Å². The first-order valence-corrected chi connectivity index (χ1v) is 10.0. The van der Waals surface area contributed by atoms with Gasteiger partial charge in [0.15, 0.2) is 0 Å². The summed E-state index contributed by atoms with van der Waals surface area (Å²) in [6.45, 7) is 10.2. The van der Waals surface area contributed by atoms with Crippen molar-refractivity contribution in [1.29, 1.82) is 0 Å². The van der Waals surface area contributed by atoms with Gasteiger partial charge in [-0.2, -0.15) is 0 Å². The largest absolute Gasteiger partial charge is 0.379 e. The van der Waals surface area contributed by atoms with Crippen LogP contribution in [0.2, 0.25) is 0 Å². The highest BCUT2D eigenvalue weighted by Gasteiger charge is 2.31. The zero-order valence-electron chi connectivity index (χ0n) is 15.3. The SMILES string of the molecule is CC(CC(=O)N1CCCCC1CN1CCOCC1)C1CCCNC1. The van der Waals surface area contributed by atoms with E-state index in [1.54, 1.807) is 0 Å². The summed E-state index contributed by atoms with van der Waals surface area (Å²) in [5.41, 5.74) is 0. The standard InChI is InChI=1S/C19H35N3O2/c1-16(17-5-4-7-20-14-17)13-19(23)22-8-3-2-6-18(22)15-21-9-11-24-12-10-21/h16-18,20H,2-15H2,1H3. The zero-order valence-corrected chi connectivity index (χ0v) is 15.3. The summed E-state index contributed by atoms with van der Waals surface area (Å²) < 4.78 is 5.45. The molecule has 0 radical (unpaired) electrons. The Bertz CT molecular complexity index is 392. The lowest BCUT2D eigenvalue weighted by Crippen LogP contribution is -2.51. The van der Waals surface area contributed by atoms with Crippen LogP contribution in [-0.2, 0) is 9.53 Å². The summed E-state index contributed by atoms with van der Waals surface area (Å²) in [4.78, 5) is 17.7. The zero-order chi connectivity index (χ0) is 16.8. The fourth-order valence-corrected chi connectivity index (χ4v) is 4.52. The smallest absolute Gasteiger partial charge is 0.223 e. The molecule has 5 heteroatoms. The molecule has 3 fully saturated rings. The van der Waals surface area contributed by atoms with Gasteiger partial charge in [0, 0.05) is 38.6 Å². The minimum absolute atomic E-state index is 0.394. The summed E-state index contributed by atoms with van der Waals surface area (Å²) >= 11 is 0. The molecule has 24 heavy (non-hydrogen) atoms. The van der Waals surface area contributed by atoms with Gasteiger partial charge in [0.25, 0.3) is 0 Å². The summed E-state index contributed by atoms with van der Waals surface area (Å²) in [5.74, 6) is 1.56. The number of morpholine rings is 1. The first-order valence-electron chi connectivity index (χ1n) is 10.0. The summed E-state index contributed by atoms with van der Waals surface area (Å²) in [7, 11) is 0. The number of nitrogens with zero attached hydrogens (tertiary/aromatic N) is 2. The number of carbonyl (C=O) groups is 1. The third-order valence-corrected chi connectivity index (χ3v) is 6.16. The molecule has 0 aliphatic carbocycles. The Morgan fingerprint density at radius 2 is 2.00 bits per heavy atom. The van der Waals surface area contributed by atoms with Crippen molar-refractivity contribution < 1.29 is 9.53 Å². The maximum absolute atomic E-state index is 13.0. The minimum Gasteiger partial charge on any atom is -0.379 e. The number of hydrogen-bond donors (Lipinski definition) is 1. The molecular weight excluding hydrogens is 302 g/mol. The molecular formula is C19H35N3O2. The van der Waals surface area contributed by atoms with Crippen LogP contribution >= 0.6 is 0 Å². The number of piperidine rings is 2. The van der Waals surface area contributed by atoms with E-state index in [1.807, 2.05) is 0 Å². The summed E-state index contributed by atoms with van der Waals surface area (Å²) in [6.07, 6.45) is 6.87. The number of likely N-dealkylation sites (tertiary alicyclic amines) is 1. The van der Waals surface area contributed by atoms with E-state index in [-0.39, 0.29) is 0 Å². The molecule has 3 rings (SSSR count). The lowest BCUT2D eigenvalue weighted by molar-refractivity contribution is -0.137. The van der Waals surface area contributed by atoms with Crippen LogP contribution in [-0.4, -0.2) is 74.2 Å². The Morgan fingerprint density at radius 1 is 1.17 bits per heavy atom. The van der Waals surface area contributed by atoms with Crippen LogP contribution in [0.15, 0.2) is 0 Å². The van der Waals surface area contributed by atoms with E-state index in [4.69, 9.17) is 4.74 Å². The van der Waals surface area contributed by atoms with E-state index < -0.39 is 0 Å². The van der Waals surface area contributed by atoms with Gasteiger partial charge in [0.1, 0.15) is 0 Å². The monoisotopic (exact) mass is 337 g/mol. The number of amides is 1. The van der Waals surface area contributed by atoms with Crippen LogP contribution in [0.1, 0.15) is 45.4 Å². The van der Waals surface area contributed by atoms with Crippen molar-refractivity contribution in [1.82, 2.24) is 15.1 Å². The first-order chi connectivity index (χ1) is 11.7. The highest BCUT2D eigenvalue weighted by atomic mass is 16.5. The van der Waals surface area contributed by atoms with Gasteiger partial charge in [-0.3, -0.25) is 9.69 Å². The first kappa shape index (κ1) is 18.2. The van der Waals surface area contributed by atoms with Crippen LogP contribution in [0, 0.1) is 11.8 Å². The predicted molar refractivity (Wildman–Crippen MR) is 96.0 cm³/mol. The van der Waals surface area contributed by atoms with Crippen LogP contribution in [0.3, 0.4) is 0 Å². The van der Waals surface area contributed by atoms with Crippen molar-refractivity contribution in [3.05, 3.63) is 0 Å². The van der Waals surface area contributed by atoms with E-state index >= 15 is 0 Å². The Morgan fingerprint density at radius 3 is 2.75 bits per heavy atom. The van der Waals surface area contributed by atoms with E-state index in [1.165, 1.54) is 32.1 Å². The van der Waals surface area contributed by atoms with E-state index in [0.29, 0.717) is 23.8 Å². The fourth-order valence-electron chi connectivity index (χ4n) is 4.52. The van der Waals surface area contributed by atoms with Gasteiger partial charge in [-0.25, -0.2) is 0 Å². The topological polar surface area (TPSA) is 44.8 Å². The number of carbonyl (C=O) groups excluding carboxylic acids is 1. The Kier molecular flexibility index (Phi) is 6.93. The average molecular weight is 338 g/mol. The second-order valence-electron chi connectivity index (χ2n) is 7.94. The van der Waals surface area contributed by atoms with E-state index in [0.717, 1.165) is 58.9 Å². The van der Waals surface area contributed by atoms with Gasteiger partial charge in [-0.15, -0.1) is 0 Å². The number of hydrogen-bond acceptors (Lipinski definition) is 4. The van der Waals surface area contributed by atoms with Crippen LogP contribution < -0.4 is 5.32 Å². The maximum Gasteiger partial charge on any atom is 0.223 e. The van der Waals surface area contributed by atoms with Crippen molar-refractivity contribution in [2.75, 3.05) is 52.5 Å². The van der Waals surface area contributed by atoms with Crippen molar-refractivity contribution in [2.24, 2.45) is 11.8 Å². The second kappa shape index (κ2) is 9.16. The van der Waals surface area contributed by atoms with E-state index in [9.17, 15) is 4.79 Å².